The number of thiophene rings is 1. The van der Waals surface area contributed by atoms with E-state index in [1.54, 1.807) is 0 Å². The van der Waals surface area contributed by atoms with Crippen molar-refractivity contribution in [2.24, 2.45) is 0 Å². The zero-order chi connectivity index (χ0) is 13.7. The van der Waals surface area contributed by atoms with Crippen molar-refractivity contribution in [2.75, 3.05) is 25.6 Å². The first kappa shape index (κ1) is 18.2. The number of hydrogen-bond acceptors (Lipinski definition) is 6. The quantitative estimate of drug-likeness (QED) is 0.454. The van der Waals surface area contributed by atoms with Gasteiger partial charge in [0.15, 0.2) is 11.9 Å². The van der Waals surface area contributed by atoms with Crippen molar-refractivity contribution in [1.29, 1.82) is 0 Å². The van der Waals surface area contributed by atoms with Crippen LogP contribution in [0.25, 0.3) is 0 Å². The van der Waals surface area contributed by atoms with Crippen molar-refractivity contribution >= 4 is 51.0 Å². The summed E-state index contributed by atoms with van der Waals surface area (Å²) < 4.78 is 46.1. The Bertz CT molecular complexity index is 501. The second-order valence-electron chi connectivity index (χ2n) is 4.19. The van der Waals surface area contributed by atoms with Gasteiger partial charge in [0.2, 0.25) is 5.06 Å². The van der Waals surface area contributed by atoms with Crippen LogP contribution >= 0.6 is 11.3 Å². The van der Waals surface area contributed by atoms with Crippen LogP contribution in [0.2, 0.25) is 0 Å². The Kier molecular flexibility index (Phi) is 7.81. The zero-order valence-electron chi connectivity index (χ0n) is 10.3. The van der Waals surface area contributed by atoms with E-state index in [1.807, 2.05) is 11.4 Å². The number of rotatable bonds is 7. The molecule has 2 heterocycles. The van der Waals surface area contributed by atoms with Crippen molar-refractivity contribution in [3.8, 4) is 10.8 Å². The van der Waals surface area contributed by atoms with E-state index in [4.69, 9.17) is 18.8 Å². The van der Waals surface area contributed by atoms with Gasteiger partial charge in [0, 0.05) is 6.61 Å². The van der Waals surface area contributed by atoms with Gasteiger partial charge >= 0.3 is 29.6 Å². The molecule has 1 N–H and O–H groups in total. The van der Waals surface area contributed by atoms with Gasteiger partial charge in [0.05, 0.1) is 12.4 Å². The molecule has 0 fully saturated rings. The van der Waals surface area contributed by atoms with E-state index in [9.17, 15) is 8.42 Å². The third-order valence-electron chi connectivity index (χ3n) is 2.53. The van der Waals surface area contributed by atoms with E-state index < -0.39 is 10.1 Å². The summed E-state index contributed by atoms with van der Waals surface area (Å²) in [5, 5.41) is 2.70. The maximum atomic E-state index is 10.5. The first-order chi connectivity index (χ1) is 9.04. The van der Waals surface area contributed by atoms with E-state index in [0.29, 0.717) is 32.7 Å². The molecule has 0 spiro atoms. The van der Waals surface area contributed by atoms with Crippen LogP contribution in [0.4, 0.5) is 0 Å². The van der Waals surface area contributed by atoms with E-state index in [0.717, 1.165) is 10.8 Å². The molecule has 9 heteroatoms. The molecule has 0 saturated carbocycles. The fraction of sp³-hybridized carbons (Fsp3) is 0.636. The minimum atomic E-state index is -3.86. The summed E-state index contributed by atoms with van der Waals surface area (Å²) in [6, 6.07) is 1.86. The Labute approximate surface area is 144 Å². The van der Waals surface area contributed by atoms with Crippen LogP contribution in [0.3, 0.4) is 0 Å². The Balaban J connectivity index is 0.00000200. The average Bonchev–Trinajstić information content (AvgIpc) is 2.79. The molecule has 1 aromatic rings. The normalized spacial score (nSPS) is 17.6. The first-order valence-electron chi connectivity index (χ1n) is 5.94. The van der Waals surface area contributed by atoms with Crippen LogP contribution in [0.5, 0.6) is 10.8 Å². The number of fused-ring (bicyclic) bond motifs is 1. The van der Waals surface area contributed by atoms with Gasteiger partial charge in [0.1, 0.15) is 6.61 Å². The van der Waals surface area contributed by atoms with Gasteiger partial charge in [-0.05, 0) is 24.3 Å². The van der Waals surface area contributed by atoms with Crippen LogP contribution in [0.15, 0.2) is 11.4 Å². The molecule has 1 aromatic heterocycles. The summed E-state index contributed by atoms with van der Waals surface area (Å²) in [5.41, 5.74) is 0. The molecule has 1 aliphatic rings. The van der Waals surface area contributed by atoms with Gasteiger partial charge in [-0.15, -0.1) is 11.3 Å². The van der Waals surface area contributed by atoms with Gasteiger partial charge in [-0.25, -0.2) is 0 Å². The fourth-order valence-corrected chi connectivity index (χ4v) is 2.90. The Morgan fingerprint density at radius 2 is 2.25 bits per heavy atom. The van der Waals surface area contributed by atoms with E-state index in [-0.39, 0.29) is 41.4 Å². The average molecular weight is 332 g/mol. The van der Waals surface area contributed by atoms with Gasteiger partial charge in [-0.1, -0.05) is 0 Å². The summed E-state index contributed by atoms with van der Waals surface area (Å²) in [4.78, 5) is 0. The Morgan fingerprint density at radius 1 is 1.45 bits per heavy atom. The predicted molar refractivity (Wildman–Crippen MR) is 77.8 cm³/mol. The number of ether oxygens (including phenoxy) is 3. The summed E-state index contributed by atoms with van der Waals surface area (Å²) in [6.07, 6.45) is 0.829. The summed E-state index contributed by atoms with van der Waals surface area (Å²) >= 11 is 1.50. The molecule has 2 rings (SSSR count). The van der Waals surface area contributed by atoms with Crippen molar-refractivity contribution in [3.05, 3.63) is 11.4 Å². The zero-order valence-corrected chi connectivity index (χ0v) is 11.9. The molecule has 0 bridgehead atoms. The molecule has 110 valence electrons. The molecule has 0 saturated heterocycles. The Morgan fingerprint density at radius 3 is 3.00 bits per heavy atom. The fourth-order valence-electron chi connectivity index (χ4n) is 1.64. The van der Waals surface area contributed by atoms with E-state index in [1.165, 1.54) is 11.3 Å². The van der Waals surface area contributed by atoms with Gasteiger partial charge in [-0.2, -0.15) is 8.42 Å². The number of unbranched alkanes of at least 4 members (excludes halogenated alkanes) is 1. The SMILES string of the molecule is O=S(=O)(O)CCCCOCC1COc2sccc2O1.[NaH]. The summed E-state index contributed by atoms with van der Waals surface area (Å²) in [6.45, 7) is 1.30. The van der Waals surface area contributed by atoms with Crippen LogP contribution in [-0.2, 0) is 14.9 Å². The van der Waals surface area contributed by atoms with Crippen LogP contribution in [0.1, 0.15) is 12.8 Å². The van der Waals surface area contributed by atoms with Crippen molar-refractivity contribution in [3.63, 3.8) is 0 Å². The van der Waals surface area contributed by atoms with Crippen LogP contribution < -0.4 is 9.47 Å². The molecule has 1 atom stereocenters. The first-order valence-corrected chi connectivity index (χ1v) is 8.43. The van der Waals surface area contributed by atoms with Gasteiger partial charge in [0.25, 0.3) is 10.1 Å². The minimum absolute atomic E-state index is 0. The van der Waals surface area contributed by atoms with Crippen molar-refractivity contribution in [1.82, 2.24) is 0 Å². The molecular weight excluding hydrogens is 315 g/mol. The molecule has 1 unspecified atom stereocenters. The molecule has 0 aromatic carbocycles. The van der Waals surface area contributed by atoms with Crippen molar-refractivity contribution < 1.29 is 27.2 Å². The molecule has 6 nitrogen and oxygen atoms in total. The summed E-state index contributed by atoms with van der Waals surface area (Å²) in [7, 11) is -3.86. The maximum absolute atomic E-state index is 10.5. The van der Waals surface area contributed by atoms with Crippen LogP contribution in [0, 0.1) is 0 Å². The number of hydrogen-bond donors (Lipinski definition) is 1. The standard InChI is InChI=1S/C11H16O6S2.Na.H/c12-19(13,14)6-2-1-4-15-7-9-8-16-11-10(17-9)3-5-18-11;;/h3,5,9H,1-2,4,6-8H2,(H,12,13,14);;. The molecular formula is C11H17NaO6S2. The molecule has 1 aliphatic heterocycles. The van der Waals surface area contributed by atoms with Crippen molar-refractivity contribution in [2.45, 2.75) is 18.9 Å². The predicted octanol–water partition coefficient (Wildman–Crippen LogP) is 0.924. The van der Waals surface area contributed by atoms with Crippen LogP contribution in [-0.4, -0.2) is 74.2 Å². The molecule has 0 radical (unpaired) electrons. The Hall–Kier alpha value is 0.170. The topological polar surface area (TPSA) is 82.1 Å². The van der Waals surface area contributed by atoms with E-state index in [2.05, 4.69) is 0 Å². The van der Waals surface area contributed by atoms with E-state index >= 15 is 0 Å². The monoisotopic (exact) mass is 332 g/mol. The van der Waals surface area contributed by atoms with Gasteiger partial charge in [-0.3, -0.25) is 4.55 Å². The molecule has 20 heavy (non-hydrogen) atoms. The second-order valence-corrected chi connectivity index (χ2v) is 6.64. The third kappa shape index (κ3) is 6.30. The molecule has 0 amide bonds. The third-order valence-corrected chi connectivity index (χ3v) is 4.14. The molecule has 0 aliphatic carbocycles. The second kappa shape index (κ2) is 8.57. The summed E-state index contributed by atoms with van der Waals surface area (Å²) in [5.74, 6) is 0.522. The van der Waals surface area contributed by atoms with Gasteiger partial charge < -0.3 is 14.2 Å².